The van der Waals surface area contributed by atoms with E-state index in [9.17, 15) is 23.5 Å². The molecule has 1 rings (SSSR count). The fraction of sp³-hybridized carbons (Fsp3) is 0.500. The van der Waals surface area contributed by atoms with Crippen molar-refractivity contribution in [2.45, 2.75) is 32.9 Å². The molecule has 9 heteroatoms. The number of nitrogens with one attached hydrogen (secondary N) is 2. The Labute approximate surface area is 149 Å². The van der Waals surface area contributed by atoms with Crippen molar-refractivity contribution in [3.05, 3.63) is 34.4 Å². The van der Waals surface area contributed by atoms with Crippen LogP contribution in [-0.4, -0.2) is 47.3 Å². The molecule has 25 heavy (non-hydrogen) atoms. The zero-order valence-corrected chi connectivity index (χ0v) is 14.8. The number of aliphatic hydroxyl groups excluding tert-OH is 2. The highest BCUT2D eigenvalue weighted by Crippen LogP contribution is 2.20. The summed E-state index contributed by atoms with van der Waals surface area (Å²) >= 11 is 5.53. The van der Waals surface area contributed by atoms with Gasteiger partial charge in [0.2, 0.25) is 5.91 Å². The minimum atomic E-state index is -1.44. The van der Waals surface area contributed by atoms with E-state index in [0.29, 0.717) is 6.07 Å². The second-order valence-corrected chi connectivity index (χ2v) is 6.82. The smallest absolute Gasteiger partial charge is 0.254 e. The van der Waals surface area contributed by atoms with Gasteiger partial charge in [0.05, 0.1) is 17.2 Å². The second-order valence-electron chi connectivity index (χ2n) is 6.42. The van der Waals surface area contributed by atoms with Crippen molar-refractivity contribution in [3.63, 3.8) is 0 Å². The predicted molar refractivity (Wildman–Crippen MR) is 88.2 cm³/mol. The normalized spacial score (nSPS) is 13.9. The van der Waals surface area contributed by atoms with Crippen molar-refractivity contribution in [1.82, 2.24) is 10.6 Å². The fourth-order valence-electron chi connectivity index (χ4n) is 1.84. The Balaban J connectivity index is 2.63. The van der Waals surface area contributed by atoms with E-state index >= 15 is 0 Å². The molecule has 0 aliphatic carbocycles. The molecule has 140 valence electrons. The van der Waals surface area contributed by atoms with Crippen molar-refractivity contribution in [3.8, 4) is 0 Å². The first kappa shape index (κ1) is 21.3. The first-order chi connectivity index (χ1) is 11.5. The summed E-state index contributed by atoms with van der Waals surface area (Å²) in [5.74, 6) is -3.57. The molecule has 4 N–H and O–H groups in total. The molecule has 0 fully saturated rings. The summed E-state index contributed by atoms with van der Waals surface area (Å²) < 4.78 is 26.7. The summed E-state index contributed by atoms with van der Waals surface area (Å²) in [5, 5.41) is 23.4. The van der Waals surface area contributed by atoms with Crippen LogP contribution in [0.3, 0.4) is 0 Å². The van der Waals surface area contributed by atoms with Crippen LogP contribution in [0.1, 0.15) is 31.1 Å². The lowest BCUT2D eigenvalue weighted by Crippen LogP contribution is -2.49. The molecule has 0 saturated carbocycles. The van der Waals surface area contributed by atoms with Crippen LogP contribution in [0.5, 0.6) is 0 Å². The molecule has 0 spiro atoms. The van der Waals surface area contributed by atoms with Crippen LogP contribution >= 0.6 is 11.6 Å². The van der Waals surface area contributed by atoms with E-state index in [2.05, 4.69) is 10.6 Å². The second kappa shape index (κ2) is 8.55. The van der Waals surface area contributed by atoms with E-state index in [1.807, 2.05) is 0 Å². The monoisotopic (exact) mass is 378 g/mol. The van der Waals surface area contributed by atoms with E-state index in [0.717, 1.165) is 6.07 Å². The van der Waals surface area contributed by atoms with Crippen LogP contribution in [-0.2, 0) is 4.79 Å². The van der Waals surface area contributed by atoms with Gasteiger partial charge in [0.15, 0.2) is 0 Å². The van der Waals surface area contributed by atoms with Gasteiger partial charge in [0.1, 0.15) is 17.7 Å². The summed E-state index contributed by atoms with van der Waals surface area (Å²) in [4.78, 5) is 23.8. The average Bonchev–Trinajstić information content (AvgIpc) is 2.54. The topological polar surface area (TPSA) is 98.7 Å². The maximum atomic E-state index is 13.6. The molecular formula is C16H21ClF2N2O4. The SMILES string of the molecule is C[C@@H](CNC(=O)C(O)C(C)(C)CO)NC(=O)c1cc(Cl)c(F)cc1F. The molecule has 0 aliphatic heterocycles. The van der Waals surface area contributed by atoms with Crippen molar-refractivity contribution in [2.24, 2.45) is 5.41 Å². The van der Waals surface area contributed by atoms with Crippen LogP contribution < -0.4 is 10.6 Å². The zero-order valence-electron chi connectivity index (χ0n) is 14.1. The Kier molecular flexibility index (Phi) is 7.28. The van der Waals surface area contributed by atoms with Gasteiger partial charge in [-0.25, -0.2) is 8.78 Å². The molecule has 1 unspecified atom stereocenters. The lowest BCUT2D eigenvalue weighted by molar-refractivity contribution is -0.137. The third kappa shape index (κ3) is 5.62. The van der Waals surface area contributed by atoms with Crippen molar-refractivity contribution in [1.29, 1.82) is 0 Å². The highest BCUT2D eigenvalue weighted by molar-refractivity contribution is 6.31. The Morgan fingerprint density at radius 2 is 1.88 bits per heavy atom. The minimum Gasteiger partial charge on any atom is -0.396 e. The van der Waals surface area contributed by atoms with Crippen LogP contribution in [0, 0.1) is 17.0 Å². The molecule has 2 amide bonds. The summed E-state index contributed by atoms with van der Waals surface area (Å²) in [6.45, 7) is 4.15. The van der Waals surface area contributed by atoms with Gasteiger partial charge in [-0.05, 0) is 13.0 Å². The van der Waals surface area contributed by atoms with Gasteiger partial charge in [0.25, 0.3) is 5.91 Å². The number of carbonyl (C=O) groups is 2. The van der Waals surface area contributed by atoms with E-state index in [4.69, 9.17) is 16.7 Å². The van der Waals surface area contributed by atoms with Crippen molar-refractivity contribution < 1.29 is 28.6 Å². The fourth-order valence-corrected chi connectivity index (χ4v) is 2.00. The van der Waals surface area contributed by atoms with Gasteiger partial charge in [-0.3, -0.25) is 9.59 Å². The number of hydrogen-bond donors (Lipinski definition) is 4. The van der Waals surface area contributed by atoms with E-state index in [-0.39, 0.29) is 11.6 Å². The molecule has 0 bridgehead atoms. The van der Waals surface area contributed by atoms with E-state index in [1.165, 1.54) is 13.8 Å². The highest BCUT2D eigenvalue weighted by Gasteiger charge is 2.33. The first-order valence-electron chi connectivity index (χ1n) is 7.51. The van der Waals surface area contributed by atoms with Crippen molar-refractivity contribution >= 4 is 23.4 Å². The Morgan fingerprint density at radius 1 is 1.28 bits per heavy atom. The van der Waals surface area contributed by atoms with E-state index in [1.54, 1.807) is 6.92 Å². The van der Waals surface area contributed by atoms with Gasteiger partial charge >= 0.3 is 0 Å². The maximum absolute atomic E-state index is 13.6. The van der Waals surface area contributed by atoms with Crippen LogP contribution in [0.2, 0.25) is 5.02 Å². The average molecular weight is 379 g/mol. The van der Waals surface area contributed by atoms with E-state index < -0.39 is 53.2 Å². The summed E-state index contributed by atoms with van der Waals surface area (Å²) in [5.41, 5.74) is -1.45. The molecular weight excluding hydrogens is 358 g/mol. The molecule has 6 nitrogen and oxygen atoms in total. The van der Waals surface area contributed by atoms with Gasteiger partial charge in [0, 0.05) is 24.1 Å². The summed E-state index contributed by atoms with van der Waals surface area (Å²) in [6, 6.07) is 0.779. The summed E-state index contributed by atoms with van der Waals surface area (Å²) in [7, 11) is 0. The van der Waals surface area contributed by atoms with Crippen LogP contribution in [0.4, 0.5) is 8.78 Å². The van der Waals surface area contributed by atoms with Crippen LogP contribution in [0.15, 0.2) is 12.1 Å². The molecule has 0 radical (unpaired) electrons. The Bertz CT molecular complexity index is 655. The molecule has 0 heterocycles. The maximum Gasteiger partial charge on any atom is 0.254 e. The largest absolute Gasteiger partial charge is 0.396 e. The number of hydrogen-bond acceptors (Lipinski definition) is 4. The van der Waals surface area contributed by atoms with Gasteiger partial charge in [-0.2, -0.15) is 0 Å². The molecule has 1 aromatic carbocycles. The molecule has 0 aromatic heterocycles. The lowest BCUT2D eigenvalue weighted by Gasteiger charge is -2.27. The molecule has 1 aromatic rings. The molecule has 2 atom stereocenters. The molecule has 0 aliphatic rings. The predicted octanol–water partition coefficient (Wildman–Crippen LogP) is 1.23. The highest BCUT2D eigenvalue weighted by atomic mass is 35.5. The Hall–Kier alpha value is -1.77. The van der Waals surface area contributed by atoms with Gasteiger partial charge < -0.3 is 20.8 Å². The zero-order chi connectivity index (χ0) is 19.4. The van der Waals surface area contributed by atoms with Crippen LogP contribution in [0.25, 0.3) is 0 Å². The third-order valence-electron chi connectivity index (χ3n) is 3.61. The lowest BCUT2D eigenvalue weighted by atomic mass is 9.87. The minimum absolute atomic E-state index is 0.0420. The Morgan fingerprint density at radius 3 is 2.44 bits per heavy atom. The number of carbonyl (C=O) groups excluding carboxylic acids is 2. The van der Waals surface area contributed by atoms with Gasteiger partial charge in [-0.1, -0.05) is 25.4 Å². The molecule has 0 saturated heterocycles. The number of benzene rings is 1. The summed E-state index contributed by atoms with van der Waals surface area (Å²) in [6.07, 6.45) is -1.44. The quantitative estimate of drug-likeness (QED) is 0.536. The number of halogens is 3. The number of aliphatic hydroxyl groups is 2. The van der Waals surface area contributed by atoms with Gasteiger partial charge in [-0.15, -0.1) is 0 Å². The number of rotatable bonds is 7. The standard InChI is InChI=1S/C16H21ClF2N2O4/c1-8(6-20-15(25)13(23)16(2,3)7-22)21-14(24)9-4-10(17)12(19)5-11(9)18/h4-5,8,13,22-23H,6-7H2,1-3H3,(H,20,25)(H,21,24)/t8-,13?/m0/s1. The van der Waals surface area contributed by atoms with Crippen molar-refractivity contribution in [2.75, 3.05) is 13.2 Å². The number of amides is 2. The third-order valence-corrected chi connectivity index (χ3v) is 3.90. The first-order valence-corrected chi connectivity index (χ1v) is 7.89.